The van der Waals surface area contributed by atoms with Gasteiger partial charge in [-0.2, -0.15) is 0 Å². The van der Waals surface area contributed by atoms with Crippen LogP contribution in [0.25, 0.3) is 0 Å². The summed E-state index contributed by atoms with van der Waals surface area (Å²) >= 11 is 0. The largest absolute Gasteiger partial charge is 0.488 e. The summed E-state index contributed by atoms with van der Waals surface area (Å²) in [5.74, 6) is 0.737. The number of ether oxygens (including phenoxy) is 2. The summed E-state index contributed by atoms with van der Waals surface area (Å²) in [5, 5.41) is 9.84. The summed E-state index contributed by atoms with van der Waals surface area (Å²) in [6, 6.07) is 7.58. The molecule has 0 aliphatic heterocycles. The van der Waals surface area contributed by atoms with Gasteiger partial charge in [0, 0.05) is 12.7 Å². The molecular weight excluding hydrogens is 204 g/mol. The van der Waals surface area contributed by atoms with Crippen LogP contribution in [0.5, 0.6) is 5.75 Å². The van der Waals surface area contributed by atoms with E-state index in [0.717, 1.165) is 11.3 Å². The van der Waals surface area contributed by atoms with E-state index in [1.165, 1.54) is 0 Å². The lowest BCUT2D eigenvalue weighted by molar-refractivity contribution is 0.0876. The fourth-order valence-corrected chi connectivity index (χ4v) is 1.57. The molecular formula is C13H20O3. The Bertz CT molecular complexity index is 312. The SMILES string of the molecule is CC[C@@H](O)c1ccccc1OC(C)COC. The highest BCUT2D eigenvalue weighted by Gasteiger charge is 2.13. The minimum atomic E-state index is -0.467. The van der Waals surface area contributed by atoms with Gasteiger partial charge < -0.3 is 14.6 Å². The second-order valence-electron chi connectivity index (χ2n) is 3.85. The Hall–Kier alpha value is -1.06. The van der Waals surface area contributed by atoms with Gasteiger partial charge in [0.25, 0.3) is 0 Å². The van der Waals surface area contributed by atoms with Crippen LogP contribution in [-0.4, -0.2) is 24.9 Å². The molecule has 0 aliphatic carbocycles. The second kappa shape index (κ2) is 6.51. The molecule has 3 heteroatoms. The zero-order chi connectivity index (χ0) is 12.0. The molecule has 0 spiro atoms. The predicted octanol–water partition coefficient (Wildman–Crippen LogP) is 2.54. The molecule has 1 aromatic carbocycles. The van der Waals surface area contributed by atoms with Gasteiger partial charge in [0.05, 0.1) is 12.7 Å². The highest BCUT2D eigenvalue weighted by molar-refractivity contribution is 5.35. The Labute approximate surface area is 97.0 Å². The minimum absolute atomic E-state index is 0.0183. The Morgan fingerprint density at radius 1 is 1.31 bits per heavy atom. The standard InChI is InChI=1S/C13H20O3/c1-4-12(14)11-7-5-6-8-13(11)16-10(2)9-15-3/h5-8,10,12,14H,4,9H2,1-3H3/t10?,12-/m1/s1. The summed E-state index contributed by atoms with van der Waals surface area (Å²) in [6.07, 6.45) is 0.195. The molecule has 0 bridgehead atoms. The Balaban J connectivity index is 2.78. The highest BCUT2D eigenvalue weighted by Crippen LogP contribution is 2.27. The van der Waals surface area contributed by atoms with Gasteiger partial charge in [-0.05, 0) is 19.4 Å². The Kier molecular flexibility index (Phi) is 5.29. The van der Waals surface area contributed by atoms with Crippen molar-refractivity contribution in [3.63, 3.8) is 0 Å². The van der Waals surface area contributed by atoms with Gasteiger partial charge in [0.1, 0.15) is 11.9 Å². The van der Waals surface area contributed by atoms with Crippen LogP contribution in [0.2, 0.25) is 0 Å². The van der Waals surface area contributed by atoms with Gasteiger partial charge in [-0.1, -0.05) is 25.1 Å². The van der Waals surface area contributed by atoms with Crippen molar-refractivity contribution < 1.29 is 14.6 Å². The number of benzene rings is 1. The van der Waals surface area contributed by atoms with Crippen LogP contribution in [0, 0.1) is 0 Å². The first-order valence-corrected chi connectivity index (χ1v) is 5.61. The molecule has 0 aromatic heterocycles. The second-order valence-corrected chi connectivity index (χ2v) is 3.85. The van der Waals surface area contributed by atoms with Crippen molar-refractivity contribution in [3.05, 3.63) is 29.8 Å². The van der Waals surface area contributed by atoms with E-state index >= 15 is 0 Å². The third kappa shape index (κ3) is 3.51. The van der Waals surface area contributed by atoms with Crippen molar-refractivity contribution >= 4 is 0 Å². The Morgan fingerprint density at radius 3 is 2.62 bits per heavy atom. The normalized spacial score (nSPS) is 14.5. The molecule has 2 atom stereocenters. The molecule has 0 aliphatic rings. The molecule has 0 heterocycles. The van der Waals surface area contributed by atoms with E-state index in [1.54, 1.807) is 7.11 Å². The van der Waals surface area contributed by atoms with E-state index in [2.05, 4.69) is 0 Å². The van der Waals surface area contributed by atoms with Crippen molar-refractivity contribution in [1.82, 2.24) is 0 Å². The summed E-state index contributed by atoms with van der Waals surface area (Å²) in [6.45, 7) is 4.43. The van der Waals surface area contributed by atoms with Gasteiger partial charge in [-0.3, -0.25) is 0 Å². The molecule has 1 aromatic rings. The molecule has 3 nitrogen and oxygen atoms in total. The predicted molar refractivity (Wildman–Crippen MR) is 63.7 cm³/mol. The van der Waals surface area contributed by atoms with Crippen molar-refractivity contribution in [2.24, 2.45) is 0 Å². The van der Waals surface area contributed by atoms with Crippen LogP contribution < -0.4 is 4.74 Å². The molecule has 90 valence electrons. The average molecular weight is 224 g/mol. The topological polar surface area (TPSA) is 38.7 Å². The van der Waals surface area contributed by atoms with Crippen LogP contribution in [-0.2, 0) is 4.74 Å². The Morgan fingerprint density at radius 2 is 2.00 bits per heavy atom. The van der Waals surface area contributed by atoms with E-state index in [4.69, 9.17) is 9.47 Å². The van der Waals surface area contributed by atoms with Crippen LogP contribution in [0.15, 0.2) is 24.3 Å². The van der Waals surface area contributed by atoms with E-state index < -0.39 is 6.10 Å². The first-order chi connectivity index (χ1) is 7.69. The summed E-state index contributed by atoms with van der Waals surface area (Å²) in [5.41, 5.74) is 0.841. The number of hydrogen-bond donors (Lipinski definition) is 1. The zero-order valence-corrected chi connectivity index (χ0v) is 10.1. The number of para-hydroxylation sites is 1. The zero-order valence-electron chi connectivity index (χ0n) is 10.1. The van der Waals surface area contributed by atoms with Crippen molar-refractivity contribution in [2.45, 2.75) is 32.5 Å². The maximum absolute atomic E-state index is 9.84. The fraction of sp³-hybridized carbons (Fsp3) is 0.538. The number of hydrogen-bond acceptors (Lipinski definition) is 3. The van der Waals surface area contributed by atoms with Crippen molar-refractivity contribution in [1.29, 1.82) is 0 Å². The van der Waals surface area contributed by atoms with E-state index in [0.29, 0.717) is 13.0 Å². The number of aliphatic hydroxyl groups excluding tert-OH is 1. The van der Waals surface area contributed by atoms with Crippen molar-refractivity contribution in [3.8, 4) is 5.75 Å². The number of methoxy groups -OCH3 is 1. The first-order valence-electron chi connectivity index (χ1n) is 5.61. The average Bonchev–Trinajstić information content (AvgIpc) is 2.29. The van der Waals surface area contributed by atoms with Gasteiger partial charge in [-0.25, -0.2) is 0 Å². The van der Waals surface area contributed by atoms with E-state index in [1.807, 2.05) is 38.1 Å². The monoisotopic (exact) mass is 224 g/mol. The number of rotatable bonds is 6. The summed E-state index contributed by atoms with van der Waals surface area (Å²) < 4.78 is 10.7. The minimum Gasteiger partial charge on any atom is -0.488 e. The van der Waals surface area contributed by atoms with Gasteiger partial charge in [0.15, 0.2) is 0 Å². The quantitative estimate of drug-likeness (QED) is 0.807. The summed E-state index contributed by atoms with van der Waals surface area (Å²) in [4.78, 5) is 0. The molecule has 1 N–H and O–H groups in total. The lowest BCUT2D eigenvalue weighted by Gasteiger charge is -2.18. The maximum Gasteiger partial charge on any atom is 0.125 e. The third-order valence-electron chi connectivity index (χ3n) is 2.39. The molecule has 16 heavy (non-hydrogen) atoms. The first kappa shape index (κ1) is 13.0. The molecule has 1 unspecified atom stereocenters. The highest BCUT2D eigenvalue weighted by atomic mass is 16.5. The van der Waals surface area contributed by atoms with E-state index in [9.17, 15) is 5.11 Å². The fourth-order valence-electron chi connectivity index (χ4n) is 1.57. The lowest BCUT2D eigenvalue weighted by atomic mass is 10.1. The van der Waals surface area contributed by atoms with Gasteiger partial charge in [0.2, 0.25) is 0 Å². The smallest absolute Gasteiger partial charge is 0.125 e. The van der Waals surface area contributed by atoms with Gasteiger partial charge in [-0.15, -0.1) is 0 Å². The molecule has 0 saturated carbocycles. The molecule has 1 rings (SSSR count). The molecule has 0 amide bonds. The molecule has 0 fully saturated rings. The van der Waals surface area contributed by atoms with Crippen LogP contribution >= 0.6 is 0 Å². The van der Waals surface area contributed by atoms with Crippen LogP contribution in [0.1, 0.15) is 31.9 Å². The maximum atomic E-state index is 9.84. The summed E-state index contributed by atoms with van der Waals surface area (Å²) in [7, 11) is 1.65. The van der Waals surface area contributed by atoms with Crippen LogP contribution in [0.3, 0.4) is 0 Å². The van der Waals surface area contributed by atoms with Gasteiger partial charge >= 0.3 is 0 Å². The van der Waals surface area contributed by atoms with E-state index in [-0.39, 0.29) is 6.10 Å². The molecule has 0 radical (unpaired) electrons. The molecule has 0 saturated heterocycles. The van der Waals surface area contributed by atoms with Crippen LogP contribution in [0.4, 0.5) is 0 Å². The van der Waals surface area contributed by atoms with Crippen molar-refractivity contribution in [2.75, 3.05) is 13.7 Å². The lowest BCUT2D eigenvalue weighted by Crippen LogP contribution is -2.19. The third-order valence-corrected chi connectivity index (χ3v) is 2.39. The number of aliphatic hydroxyl groups is 1.